The summed E-state index contributed by atoms with van der Waals surface area (Å²) in [5.74, 6) is 2.39. The first kappa shape index (κ1) is 11.8. The minimum absolute atomic E-state index is 0.102. The van der Waals surface area contributed by atoms with Gasteiger partial charge in [-0.25, -0.2) is 4.98 Å². The molecule has 3 rings (SSSR count). The SMILES string of the molecule is Cc1cc(C(C)n2c(N)nc3ccccc32)c(C)o1. The van der Waals surface area contributed by atoms with Gasteiger partial charge in [-0.1, -0.05) is 12.1 Å². The highest BCUT2D eigenvalue weighted by Gasteiger charge is 2.19. The zero-order valence-electron chi connectivity index (χ0n) is 11.3. The normalized spacial score (nSPS) is 13.0. The van der Waals surface area contributed by atoms with Crippen LogP contribution in [0.4, 0.5) is 5.95 Å². The van der Waals surface area contributed by atoms with Crippen LogP contribution in [0.1, 0.15) is 30.0 Å². The van der Waals surface area contributed by atoms with Crippen molar-refractivity contribution in [1.82, 2.24) is 9.55 Å². The lowest BCUT2D eigenvalue weighted by atomic mass is 10.1. The Bertz CT molecular complexity index is 739. The van der Waals surface area contributed by atoms with Crippen LogP contribution in [0.15, 0.2) is 34.7 Å². The van der Waals surface area contributed by atoms with Gasteiger partial charge in [-0.3, -0.25) is 0 Å². The highest BCUT2D eigenvalue weighted by molar-refractivity contribution is 5.78. The Morgan fingerprint density at radius 1 is 1.26 bits per heavy atom. The summed E-state index contributed by atoms with van der Waals surface area (Å²) in [7, 11) is 0. The van der Waals surface area contributed by atoms with Gasteiger partial charge in [0.15, 0.2) is 0 Å². The van der Waals surface area contributed by atoms with Crippen molar-refractivity contribution in [1.29, 1.82) is 0 Å². The van der Waals surface area contributed by atoms with Crippen molar-refractivity contribution in [2.45, 2.75) is 26.8 Å². The van der Waals surface area contributed by atoms with E-state index in [9.17, 15) is 0 Å². The van der Waals surface area contributed by atoms with Gasteiger partial charge in [0.05, 0.1) is 17.1 Å². The predicted molar refractivity (Wildman–Crippen MR) is 76.1 cm³/mol. The van der Waals surface area contributed by atoms with Gasteiger partial charge in [-0.15, -0.1) is 0 Å². The first-order chi connectivity index (χ1) is 9.08. The second kappa shape index (κ2) is 4.16. The number of nitrogens with zero attached hydrogens (tertiary/aromatic N) is 2. The zero-order chi connectivity index (χ0) is 13.6. The van der Waals surface area contributed by atoms with Crippen LogP contribution in [-0.2, 0) is 0 Å². The maximum atomic E-state index is 6.07. The van der Waals surface area contributed by atoms with E-state index in [1.807, 2.05) is 42.7 Å². The molecule has 0 amide bonds. The maximum Gasteiger partial charge on any atom is 0.201 e. The molecule has 0 aliphatic carbocycles. The Morgan fingerprint density at radius 2 is 2.00 bits per heavy atom. The van der Waals surface area contributed by atoms with Crippen LogP contribution in [0.5, 0.6) is 0 Å². The molecule has 4 heteroatoms. The number of aryl methyl sites for hydroxylation is 2. The van der Waals surface area contributed by atoms with Crippen LogP contribution in [0.3, 0.4) is 0 Å². The Kier molecular flexibility index (Phi) is 2.59. The lowest BCUT2D eigenvalue weighted by Gasteiger charge is -2.15. The molecule has 0 bridgehead atoms. The molecule has 2 heterocycles. The molecule has 2 aromatic heterocycles. The van der Waals surface area contributed by atoms with E-state index in [0.717, 1.165) is 28.1 Å². The number of furan rings is 1. The van der Waals surface area contributed by atoms with Crippen molar-refractivity contribution in [2.75, 3.05) is 5.73 Å². The molecule has 1 aromatic carbocycles. The summed E-state index contributed by atoms with van der Waals surface area (Å²) in [4.78, 5) is 4.41. The Labute approximate surface area is 111 Å². The average Bonchev–Trinajstić information content (AvgIpc) is 2.87. The Hall–Kier alpha value is -2.23. The number of hydrogen-bond acceptors (Lipinski definition) is 3. The van der Waals surface area contributed by atoms with Crippen LogP contribution in [-0.4, -0.2) is 9.55 Å². The van der Waals surface area contributed by atoms with Gasteiger partial charge in [0.1, 0.15) is 11.5 Å². The van der Waals surface area contributed by atoms with E-state index in [1.54, 1.807) is 0 Å². The highest BCUT2D eigenvalue weighted by Crippen LogP contribution is 2.30. The molecule has 0 aliphatic heterocycles. The third-order valence-electron chi connectivity index (χ3n) is 3.54. The van der Waals surface area contributed by atoms with E-state index < -0.39 is 0 Å². The number of anilines is 1. The third-order valence-corrected chi connectivity index (χ3v) is 3.54. The van der Waals surface area contributed by atoms with E-state index in [1.165, 1.54) is 0 Å². The highest BCUT2D eigenvalue weighted by atomic mass is 16.3. The number of benzene rings is 1. The van der Waals surface area contributed by atoms with Crippen LogP contribution in [0.25, 0.3) is 11.0 Å². The molecule has 0 aliphatic rings. The van der Waals surface area contributed by atoms with Crippen molar-refractivity contribution >= 4 is 17.0 Å². The molecule has 0 fully saturated rings. The summed E-state index contributed by atoms with van der Waals surface area (Å²) >= 11 is 0. The van der Waals surface area contributed by atoms with Gasteiger partial charge in [0, 0.05) is 5.56 Å². The summed E-state index contributed by atoms with van der Waals surface area (Å²) in [6, 6.07) is 10.1. The topological polar surface area (TPSA) is 57.0 Å². The molecule has 19 heavy (non-hydrogen) atoms. The number of nitrogens with two attached hydrogens (primary N) is 1. The molecular formula is C15H17N3O. The molecule has 98 valence electrons. The molecule has 0 radical (unpaired) electrons. The third kappa shape index (κ3) is 1.80. The number of nitrogen functional groups attached to an aromatic ring is 1. The minimum Gasteiger partial charge on any atom is -0.466 e. The number of fused-ring (bicyclic) bond motifs is 1. The molecule has 1 atom stereocenters. The first-order valence-electron chi connectivity index (χ1n) is 6.37. The summed E-state index contributed by atoms with van der Waals surface area (Å²) in [6.07, 6.45) is 0. The number of aromatic nitrogens is 2. The van der Waals surface area contributed by atoms with Crippen molar-refractivity contribution < 1.29 is 4.42 Å². The monoisotopic (exact) mass is 255 g/mol. The molecule has 4 nitrogen and oxygen atoms in total. The van der Waals surface area contributed by atoms with E-state index >= 15 is 0 Å². The van der Waals surface area contributed by atoms with Crippen LogP contribution in [0.2, 0.25) is 0 Å². The zero-order valence-corrected chi connectivity index (χ0v) is 11.3. The van der Waals surface area contributed by atoms with E-state index in [4.69, 9.17) is 10.2 Å². The molecule has 1 unspecified atom stereocenters. The molecule has 0 spiro atoms. The summed E-state index contributed by atoms with van der Waals surface area (Å²) < 4.78 is 7.66. The van der Waals surface area contributed by atoms with Gasteiger partial charge in [0.2, 0.25) is 5.95 Å². The van der Waals surface area contributed by atoms with Crippen molar-refractivity contribution in [3.8, 4) is 0 Å². The minimum atomic E-state index is 0.102. The van der Waals surface area contributed by atoms with Gasteiger partial charge in [0.25, 0.3) is 0 Å². The van der Waals surface area contributed by atoms with Crippen LogP contribution >= 0.6 is 0 Å². The fourth-order valence-electron chi connectivity index (χ4n) is 2.67. The second-order valence-electron chi connectivity index (χ2n) is 4.87. The fraction of sp³-hybridized carbons (Fsp3) is 0.267. The summed E-state index contributed by atoms with van der Waals surface area (Å²) in [5.41, 5.74) is 9.18. The molecule has 3 aromatic rings. The molecular weight excluding hydrogens is 238 g/mol. The van der Waals surface area contributed by atoms with E-state index in [0.29, 0.717) is 5.95 Å². The standard InChI is InChI=1S/C15H17N3O/c1-9-8-12(11(3)19-9)10(2)18-14-7-5-4-6-13(14)17-15(18)16/h4-8,10H,1-3H3,(H2,16,17). The van der Waals surface area contributed by atoms with Crippen LogP contribution < -0.4 is 5.73 Å². The predicted octanol–water partition coefficient (Wildman–Crippen LogP) is 3.44. The van der Waals surface area contributed by atoms with Crippen LogP contribution in [0, 0.1) is 13.8 Å². The molecule has 0 saturated heterocycles. The molecule has 2 N–H and O–H groups in total. The summed E-state index contributed by atoms with van der Waals surface area (Å²) in [5, 5.41) is 0. The van der Waals surface area contributed by atoms with Gasteiger partial charge >= 0.3 is 0 Å². The number of imidazole rings is 1. The molecule has 0 saturated carbocycles. The van der Waals surface area contributed by atoms with Gasteiger partial charge in [-0.05, 0) is 39.0 Å². The van der Waals surface area contributed by atoms with Crippen molar-refractivity contribution in [3.05, 3.63) is 47.4 Å². The van der Waals surface area contributed by atoms with E-state index in [-0.39, 0.29) is 6.04 Å². The number of rotatable bonds is 2. The Balaban J connectivity index is 2.19. The lowest BCUT2D eigenvalue weighted by Crippen LogP contribution is -2.10. The van der Waals surface area contributed by atoms with Gasteiger partial charge in [-0.2, -0.15) is 0 Å². The largest absolute Gasteiger partial charge is 0.466 e. The van der Waals surface area contributed by atoms with Crippen molar-refractivity contribution in [2.24, 2.45) is 0 Å². The summed E-state index contributed by atoms with van der Waals surface area (Å²) in [6.45, 7) is 6.05. The first-order valence-corrected chi connectivity index (χ1v) is 6.37. The number of para-hydroxylation sites is 2. The van der Waals surface area contributed by atoms with E-state index in [2.05, 4.69) is 18.0 Å². The van der Waals surface area contributed by atoms with Crippen molar-refractivity contribution in [3.63, 3.8) is 0 Å². The average molecular weight is 255 g/mol. The fourth-order valence-corrected chi connectivity index (χ4v) is 2.67. The van der Waals surface area contributed by atoms with Gasteiger partial charge < -0.3 is 14.7 Å². The second-order valence-corrected chi connectivity index (χ2v) is 4.87. The smallest absolute Gasteiger partial charge is 0.201 e. The number of hydrogen-bond donors (Lipinski definition) is 1. The Morgan fingerprint density at radius 3 is 2.68 bits per heavy atom. The lowest BCUT2D eigenvalue weighted by molar-refractivity contribution is 0.495. The quantitative estimate of drug-likeness (QED) is 0.763. The maximum absolute atomic E-state index is 6.07.